The van der Waals surface area contributed by atoms with Gasteiger partial charge in [-0.15, -0.1) is 0 Å². The number of hydrogen-bond acceptors (Lipinski definition) is 6. The lowest BCUT2D eigenvalue weighted by molar-refractivity contribution is -0.148. The van der Waals surface area contributed by atoms with Crippen LogP contribution in [0.2, 0.25) is 0 Å². The average Bonchev–Trinajstić information content (AvgIpc) is 3.23. The lowest BCUT2D eigenvalue weighted by atomic mass is 9.99. The molecular weight excluding hydrogens is 396 g/mol. The Morgan fingerprint density at radius 3 is 2.52 bits per heavy atom. The molecule has 1 aliphatic carbocycles. The molecule has 0 heterocycles. The number of aryl methyl sites for hydroxylation is 1. The van der Waals surface area contributed by atoms with E-state index in [0.29, 0.717) is 31.4 Å². The molecule has 0 bridgehead atoms. The van der Waals surface area contributed by atoms with E-state index in [2.05, 4.69) is 0 Å². The van der Waals surface area contributed by atoms with Gasteiger partial charge in [-0.2, -0.15) is 0 Å². The first-order valence-corrected chi connectivity index (χ1v) is 11.9. The van der Waals surface area contributed by atoms with Crippen LogP contribution in [0.15, 0.2) is 18.2 Å². The molecule has 1 aromatic carbocycles. The van der Waals surface area contributed by atoms with Gasteiger partial charge in [-0.25, -0.2) is 0 Å². The second-order valence-electron chi connectivity index (χ2n) is 8.77. The van der Waals surface area contributed by atoms with Crippen LogP contribution in [0.1, 0.15) is 89.5 Å². The lowest BCUT2D eigenvalue weighted by Gasteiger charge is -2.21. The first-order chi connectivity index (χ1) is 15.0. The van der Waals surface area contributed by atoms with Crippen LogP contribution >= 0.6 is 0 Å². The Balaban J connectivity index is 1.81. The Kier molecular flexibility index (Phi) is 11.8. The van der Waals surface area contributed by atoms with E-state index in [0.717, 1.165) is 50.5 Å². The van der Waals surface area contributed by atoms with Crippen molar-refractivity contribution in [1.29, 1.82) is 0 Å². The molecule has 1 aromatic rings. The molecule has 0 saturated heterocycles. The van der Waals surface area contributed by atoms with Crippen molar-refractivity contribution < 1.29 is 29.6 Å². The molecule has 3 N–H and O–H groups in total. The van der Waals surface area contributed by atoms with Gasteiger partial charge in [0.2, 0.25) is 0 Å². The molecule has 1 fully saturated rings. The second kappa shape index (κ2) is 14.3. The van der Waals surface area contributed by atoms with Gasteiger partial charge in [-0.05, 0) is 69.1 Å². The number of hydrogen-bond donors (Lipinski definition) is 3. The number of rotatable bonds is 15. The van der Waals surface area contributed by atoms with E-state index >= 15 is 0 Å². The fraction of sp³-hybridized carbons (Fsp3) is 0.720. The monoisotopic (exact) mass is 436 g/mol. The lowest BCUT2D eigenvalue weighted by Crippen LogP contribution is -2.23. The third kappa shape index (κ3) is 10.4. The number of aromatic hydroxyl groups is 1. The van der Waals surface area contributed by atoms with Crippen LogP contribution in [-0.4, -0.2) is 46.2 Å². The normalized spacial score (nSPS) is 16.2. The molecule has 2 rings (SSSR count). The van der Waals surface area contributed by atoms with Crippen molar-refractivity contribution in [3.63, 3.8) is 0 Å². The molecule has 0 amide bonds. The third-order valence-corrected chi connectivity index (χ3v) is 5.94. The predicted molar refractivity (Wildman–Crippen MR) is 120 cm³/mol. The number of carbonyl (C=O) groups excluding carboxylic acids is 1. The SMILES string of the molecule is CC(=O)O[C@H](CCc1ccc(O)c(OC2CCCC2)c1)C[C@@H](O)CCCCCCCO. The van der Waals surface area contributed by atoms with Crippen LogP contribution in [0.25, 0.3) is 0 Å². The van der Waals surface area contributed by atoms with Crippen molar-refractivity contribution in [2.45, 2.75) is 109 Å². The zero-order valence-electron chi connectivity index (χ0n) is 18.9. The Hall–Kier alpha value is -1.79. The molecular formula is C25H40O6. The number of aliphatic hydroxyl groups is 2. The van der Waals surface area contributed by atoms with E-state index in [9.17, 15) is 15.0 Å². The number of phenolic OH excluding ortho intramolecular Hbond substituents is 1. The highest BCUT2D eigenvalue weighted by Crippen LogP contribution is 2.32. The van der Waals surface area contributed by atoms with Crippen LogP contribution < -0.4 is 4.74 Å². The number of carbonyl (C=O) groups is 1. The van der Waals surface area contributed by atoms with E-state index in [1.165, 1.54) is 19.8 Å². The van der Waals surface area contributed by atoms with Gasteiger partial charge in [0.15, 0.2) is 11.5 Å². The first-order valence-electron chi connectivity index (χ1n) is 11.9. The Bertz CT molecular complexity index is 641. The summed E-state index contributed by atoms with van der Waals surface area (Å²) in [5.74, 6) is 0.341. The fourth-order valence-electron chi connectivity index (χ4n) is 4.22. The minimum atomic E-state index is -0.497. The highest BCUT2D eigenvalue weighted by molar-refractivity contribution is 5.66. The second-order valence-corrected chi connectivity index (χ2v) is 8.77. The zero-order chi connectivity index (χ0) is 22.5. The van der Waals surface area contributed by atoms with Crippen molar-refractivity contribution in [2.24, 2.45) is 0 Å². The van der Waals surface area contributed by atoms with Gasteiger partial charge in [0, 0.05) is 20.0 Å². The van der Waals surface area contributed by atoms with Gasteiger partial charge in [0.1, 0.15) is 6.10 Å². The van der Waals surface area contributed by atoms with E-state index in [-0.39, 0.29) is 30.5 Å². The maximum Gasteiger partial charge on any atom is 0.302 e. The third-order valence-electron chi connectivity index (χ3n) is 5.94. The summed E-state index contributed by atoms with van der Waals surface area (Å²) >= 11 is 0. The first kappa shape index (κ1) is 25.5. The Morgan fingerprint density at radius 1 is 1.10 bits per heavy atom. The minimum Gasteiger partial charge on any atom is -0.504 e. The fourth-order valence-corrected chi connectivity index (χ4v) is 4.22. The molecule has 6 heteroatoms. The standard InChI is InChI=1S/C25H40O6/c1-19(27)30-23(18-21(28)9-5-3-2-4-8-16-26)14-12-20-13-15-24(29)25(17-20)31-22-10-6-7-11-22/h13,15,17,21-23,26,28-29H,2-12,14,16,18H2,1H3/t21-,23+/m0/s1. The quantitative estimate of drug-likeness (QED) is 0.273. The molecule has 1 saturated carbocycles. The summed E-state index contributed by atoms with van der Waals surface area (Å²) < 4.78 is 11.4. The topological polar surface area (TPSA) is 96.2 Å². The largest absolute Gasteiger partial charge is 0.504 e. The maximum absolute atomic E-state index is 11.5. The van der Waals surface area contributed by atoms with Crippen molar-refractivity contribution in [3.05, 3.63) is 23.8 Å². The van der Waals surface area contributed by atoms with Crippen LogP contribution in [0, 0.1) is 0 Å². The van der Waals surface area contributed by atoms with E-state index in [1.54, 1.807) is 6.07 Å². The Morgan fingerprint density at radius 2 is 1.81 bits per heavy atom. The summed E-state index contributed by atoms with van der Waals surface area (Å²) in [6.45, 7) is 1.64. The van der Waals surface area contributed by atoms with Gasteiger partial charge in [-0.1, -0.05) is 31.7 Å². The number of unbranched alkanes of at least 4 members (excludes halogenated alkanes) is 4. The van der Waals surface area contributed by atoms with Crippen LogP contribution in [0.5, 0.6) is 11.5 Å². The highest BCUT2D eigenvalue weighted by Gasteiger charge is 2.20. The van der Waals surface area contributed by atoms with Crippen molar-refractivity contribution in [3.8, 4) is 11.5 Å². The average molecular weight is 437 g/mol. The van der Waals surface area contributed by atoms with Crippen LogP contribution in [0.3, 0.4) is 0 Å². The zero-order valence-corrected chi connectivity index (χ0v) is 18.9. The maximum atomic E-state index is 11.5. The minimum absolute atomic E-state index is 0.154. The smallest absolute Gasteiger partial charge is 0.302 e. The summed E-state index contributed by atoms with van der Waals surface area (Å²) in [6, 6.07) is 5.40. The Labute approximate surface area is 186 Å². The molecule has 0 unspecified atom stereocenters. The predicted octanol–water partition coefficient (Wildman–Crippen LogP) is 4.66. The summed E-state index contributed by atoms with van der Waals surface area (Å²) in [5, 5.41) is 29.3. The van der Waals surface area contributed by atoms with Crippen LogP contribution in [0.4, 0.5) is 0 Å². The molecule has 31 heavy (non-hydrogen) atoms. The van der Waals surface area contributed by atoms with Crippen molar-refractivity contribution in [2.75, 3.05) is 6.61 Å². The molecule has 0 aliphatic heterocycles. The summed E-state index contributed by atoms with van der Waals surface area (Å²) in [7, 11) is 0. The molecule has 0 aromatic heterocycles. The van der Waals surface area contributed by atoms with Gasteiger partial charge in [0.25, 0.3) is 0 Å². The van der Waals surface area contributed by atoms with Gasteiger partial charge < -0.3 is 24.8 Å². The number of ether oxygens (including phenoxy) is 2. The molecule has 2 atom stereocenters. The van der Waals surface area contributed by atoms with Crippen LogP contribution in [-0.2, 0) is 16.0 Å². The number of aliphatic hydroxyl groups excluding tert-OH is 2. The van der Waals surface area contributed by atoms with E-state index in [1.807, 2.05) is 12.1 Å². The van der Waals surface area contributed by atoms with E-state index in [4.69, 9.17) is 14.6 Å². The number of esters is 1. The number of benzene rings is 1. The summed E-state index contributed by atoms with van der Waals surface area (Å²) in [4.78, 5) is 11.5. The van der Waals surface area contributed by atoms with E-state index < -0.39 is 6.10 Å². The summed E-state index contributed by atoms with van der Waals surface area (Å²) in [6.07, 6.45) is 11.0. The van der Waals surface area contributed by atoms with Crippen molar-refractivity contribution in [1.82, 2.24) is 0 Å². The van der Waals surface area contributed by atoms with Gasteiger partial charge in [0.05, 0.1) is 12.2 Å². The van der Waals surface area contributed by atoms with Crippen molar-refractivity contribution >= 4 is 5.97 Å². The molecule has 0 radical (unpaired) electrons. The molecule has 0 spiro atoms. The van der Waals surface area contributed by atoms with Gasteiger partial charge >= 0.3 is 5.97 Å². The highest BCUT2D eigenvalue weighted by atomic mass is 16.5. The number of phenols is 1. The summed E-state index contributed by atoms with van der Waals surface area (Å²) in [5.41, 5.74) is 1.02. The molecule has 176 valence electrons. The van der Waals surface area contributed by atoms with Gasteiger partial charge in [-0.3, -0.25) is 4.79 Å². The molecule has 1 aliphatic rings. The molecule has 6 nitrogen and oxygen atoms in total.